The summed E-state index contributed by atoms with van der Waals surface area (Å²) in [6.07, 6.45) is 2.06. The number of nitrogens with one attached hydrogen (secondary N) is 2. The van der Waals surface area contributed by atoms with Crippen LogP contribution in [0.15, 0.2) is 29.1 Å². The van der Waals surface area contributed by atoms with Crippen molar-refractivity contribution in [3.05, 3.63) is 45.3 Å². The molecule has 0 spiro atoms. The number of carbonyl (C=O) groups excluding carboxylic acids is 1. The molecule has 24 heavy (non-hydrogen) atoms. The van der Waals surface area contributed by atoms with Gasteiger partial charge in [-0.05, 0) is 18.6 Å². The molecule has 0 aliphatic carbocycles. The molecule has 0 aliphatic heterocycles. The predicted octanol–water partition coefficient (Wildman–Crippen LogP) is 2.93. The molecule has 0 fully saturated rings. The number of para-hydroxylation sites is 2. The van der Waals surface area contributed by atoms with E-state index in [-0.39, 0.29) is 5.69 Å². The molecular formula is C16H17N5O2S. The molecule has 2 aromatic heterocycles. The first-order valence-electron chi connectivity index (χ1n) is 7.72. The summed E-state index contributed by atoms with van der Waals surface area (Å²) in [5.41, 5.74) is 0.421. The molecule has 1 amide bonds. The number of nitrogens with zero attached hydrogens (tertiary/aromatic N) is 3. The van der Waals surface area contributed by atoms with E-state index >= 15 is 0 Å². The lowest BCUT2D eigenvalue weighted by atomic mass is 10.1. The summed E-state index contributed by atoms with van der Waals surface area (Å²) in [5, 5.41) is 11.9. The van der Waals surface area contributed by atoms with Gasteiger partial charge in [0.05, 0.1) is 11.0 Å². The highest BCUT2D eigenvalue weighted by Gasteiger charge is 2.17. The Morgan fingerprint density at radius 1 is 1.33 bits per heavy atom. The molecule has 2 N–H and O–H groups in total. The quantitative estimate of drug-likeness (QED) is 0.742. The van der Waals surface area contributed by atoms with Gasteiger partial charge in [0.25, 0.3) is 11.5 Å². The molecule has 0 aliphatic rings. The number of fused-ring (bicyclic) bond motifs is 1. The van der Waals surface area contributed by atoms with E-state index in [0.717, 1.165) is 17.8 Å². The minimum absolute atomic E-state index is 0.188. The van der Waals surface area contributed by atoms with Gasteiger partial charge in [0.15, 0.2) is 5.69 Å². The Kier molecular flexibility index (Phi) is 4.66. The van der Waals surface area contributed by atoms with Crippen molar-refractivity contribution in [3.63, 3.8) is 0 Å². The SMILES string of the molecule is CCCC(C)c1nnc(NC(=O)c2nc3ccccc3[nH]c2=O)s1. The number of aromatic nitrogens is 4. The smallest absolute Gasteiger partial charge is 0.281 e. The van der Waals surface area contributed by atoms with Crippen LogP contribution in [0.5, 0.6) is 0 Å². The normalized spacial score (nSPS) is 12.2. The molecule has 124 valence electrons. The zero-order chi connectivity index (χ0) is 17.1. The van der Waals surface area contributed by atoms with Gasteiger partial charge in [-0.25, -0.2) is 4.98 Å². The molecule has 1 aromatic carbocycles. The largest absolute Gasteiger partial charge is 0.319 e. The first kappa shape index (κ1) is 16.3. The van der Waals surface area contributed by atoms with E-state index in [0.29, 0.717) is 22.1 Å². The first-order chi connectivity index (χ1) is 11.6. The standard InChI is InChI=1S/C16H17N5O2S/c1-3-6-9(2)15-20-21-16(24-15)19-14(23)12-13(22)18-11-8-5-4-7-10(11)17-12/h4-5,7-9H,3,6H2,1-2H3,(H,18,22)(H,19,21,23). The number of anilines is 1. The summed E-state index contributed by atoms with van der Waals surface area (Å²) in [7, 11) is 0. The Morgan fingerprint density at radius 2 is 2.12 bits per heavy atom. The molecule has 8 heteroatoms. The second-order valence-corrected chi connectivity index (χ2v) is 6.53. The van der Waals surface area contributed by atoms with Gasteiger partial charge in [-0.2, -0.15) is 0 Å². The molecule has 0 saturated carbocycles. The number of amides is 1. The summed E-state index contributed by atoms with van der Waals surface area (Å²) in [6, 6.07) is 7.05. The van der Waals surface area contributed by atoms with E-state index < -0.39 is 11.5 Å². The number of benzene rings is 1. The van der Waals surface area contributed by atoms with E-state index in [9.17, 15) is 9.59 Å². The van der Waals surface area contributed by atoms with Gasteiger partial charge in [-0.1, -0.05) is 43.7 Å². The predicted molar refractivity (Wildman–Crippen MR) is 93.5 cm³/mol. The lowest BCUT2D eigenvalue weighted by molar-refractivity contribution is 0.102. The third-order valence-corrected chi connectivity index (χ3v) is 4.69. The lowest BCUT2D eigenvalue weighted by Gasteiger charge is -2.03. The van der Waals surface area contributed by atoms with Crippen molar-refractivity contribution in [1.29, 1.82) is 0 Å². The Bertz CT molecular complexity index is 933. The molecule has 1 unspecified atom stereocenters. The van der Waals surface area contributed by atoms with Gasteiger partial charge in [-0.15, -0.1) is 10.2 Å². The van der Waals surface area contributed by atoms with E-state index in [1.165, 1.54) is 11.3 Å². The molecule has 0 bridgehead atoms. The van der Waals surface area contributed by atoms with Crippen molar-refractivity contribution in [3.8, 4) is 0 Å². The number of aromatic amines is 1. The van der Waals surface area contributed by atoms with Crippen LogP contribution in [0.25, 0.3) is 11.0 Å². The van der Waals surface area contributed by atoms with Crippen LogP contribution < -0.4 is 10.9 Å². The molecule has 2 heterocycles. The number of hydrogen-bond donors (Lipinski definition) is 2. The van der Waals surface area contributed by atoms with Crippen LogP contribution in [0, 0.1) is 0 Å². The third kappa shape index (κ3) is 3.33. The monoisotopic (exact) mass is 343 g/mol. The second-order valence-electron chi connectivity index (χ2n) is 5.52. The maximum absolute atomic E-state index is 12.3. The molecule has 7 nitrogen and oxygen atoms in total. The zero-order valence-electron chi connectivity index (χ0n) is 13.4. The zero-order valence-corrected chi connectivity index (χ0v) is 14.2. The van der Waals surface area contributed by atoms with Gasteiger partial charge in [0.2, 0.25) is 5.13 Å². The van der Waals surface area contributed by atoms with Crippen LogP contribution in [0.1, 0.15) is 48.1 Å². The average molecular weight is 343 g/mol. The Morgan fingerprint density at radius 3 is 2.92 bits per heavy atom. The molecular weight excluding hydrogens is 326 g/mol. The van der Waals surface area contributed by atoms with Gasteiger partial charge in [0.1, 0.15) is 5.01 Å². The van der Waals surface area contributed by atoms with E-state index in [2.05, 4.69) is 39.3 Å². The summed E-state index contributed by atoms with van der Waals surface area (Å²) in [6.45, 7) is 4.18. The van der Waals surface area contributed by atoms with Crippen molar-refractivity contribution in [2.75, 3.05) is 5.32 Å². The van der Waals surface area contributed by atoms with Gasteiger partial charge < -0.3 is 4.98 Å². The van der Waals surface area contributed by atoms with E-state index in [1.54, 1.807) is 24.3 Å². The summed E-state index contributed by atoms with van der Waals surface area (Å²) in [4.78, 5) is 31.2. The van der Waals surface area contributed by atoms with Crippen LogP contribution >= 0.6 is 11.3 Å². The van der Waals surface area contributed by atoms with Crippen molar-refractivity contribution in [1.82, 2.24) is 20.2 Å². The molecule has 3 rings (SSSR count). The molecule has 0 saturated heterocycles. The number of H-pyrrole nitrogens is 1. The minimum Gasteiger partial charge on any atom is -0.319 e. The van der Waals surface area contributed by atoms with Crippen molar-refractivity contribution in [2.24, 2.45) is 0 Å². The highest BCUT2D eigenvalue weighted by Crippen LogP contribution is 2.26. The summed E-state index contributed by atoms with van der Waals surface area (Å²) in [5.74, 6) is -0.298. The lowest BCUT2D eigenvalue weighted by Crippen LogP contribution is -2.25. The average Bonchev–Trinajstić information content (AvgIpc) is 3.03. The van der Waals surface area contributed by atoms with Gasteiger partial charge >= 0.3 is 0 Å². The third-order valence-electron chi connectivity index (χ3n) is 3.62. The topological polar surface area (TPSA) is 101 Å². The Balaban J connectivity index is 1.82. The summed E-state index contributed by atoms with van der Waals surface area (Å²) >= 11 is 1.32. The van der Waals surface area contributed by atoms with E-state index in [4.69, 9.17) is 0 Å². The highest BCUT2D eigenvalue weighted by atomic mass is 32.1. The van der Waals surface area contributed by atoms with Crippen LogP contribution in [-0.2, 0) is 0 Å². The van der Waals surface area contributed by atoms with Crippen molar-refractivity contribution >= 4 is 33.4 Å². The first-order valence-corrected chi connectivity index (χ1v) is 8.54. The van der Waals surface area contributed by atoms with Gasteiger partial charge in [0, 0.05) is 5.92 Å². The second kappa shape index (κ2) is 6.88. The fraction of sp³-hybridized carbons (Fsp3) is 0.312. The Hall–Kier alpha value is -2.61. The van der Waals surface area contributed by atoms with Crippen LogP contribution in [0.2, 0.25) is 0 Å². The Labute approximate surface area is 142 Å². The summed E-state index contributed by atoms with van der Waals surface area (Å²) < 4.78 is 0. The maximum Gasteiger partial charge on any atom is 0.281 e. The van der Waals surface area contributed by atoms with Crippen molar-refractivity contribution < 1.29 is 4.79 Å². The van der Waals surface area contributed by atoms with Crippen molar-refractivity contribution in [2.45, 2.75) is 32.6 Å². The highest BCUT2D eigenvalue weighted by molar-refractivity contribution is 7.15. The minimum atomic E-state index is -0.590. The number of hydrogen-bond acceptors (Lipinski definition) is 6. The van der Waals surface area contributed by atoms with Crippen LogP contribution in [-0.4, -0.2) is 26.1 Å². The fourth-order valence-corrected chi connectivity index (χ4v) is 3.20. The number of rotatable bonds is 5. The van der Waals surface area contributed by atoms with Gasteiger partial charge in [-0.3, -0.25) is 14.9 Å². The molecule has 3 aromatic rings. The molecule has 0 radical (unpaired) electrons. The van der Waals surface area contributed by atoms with Crippen LogP contribution in [0.4, 0.5) is 5.13 Å². The fourth-order valence-electron chi connectivity index (χ4n) is 2.38. The molecule has 1 atom stereocenters. The number of carbonyl (C=O) groups is 1. The maximum atomic E-state index is 12.3. The van der Waals surface area contributed by atoms with Crippen LogP contribution in [0.3, 0.4) is 0 Å². The van der Waals surface area contributed by atoms with E-state index in [1.807, 2.05) is 0 Å².